The van der Waals surface area contributed by atoms with E-state index in [2.05, 4.69) is 33.8 Å². The number of fused-ring (bicyclic) bond motifs is 1. The van der Waals surface area contributed by atoms with Crippen molar-refractivity contribution in [2.24, 2.45) is 0 Å². The highest BCUT2D eigenvalue weighted by Gasteiger charge is 2.38. The number of hydrogen-bond donors (Lipinski definition) is 2. The van der Waals surface area contributed by atoms with Gasteiger partial charge in [-0.15, -0.1) is 0 Å². The molecule has 2 heterocycles. The molecule has 1 aromatic carbocycles. The number of nitrogens with zero attached hydrogens (tertiary/aromatic N) is 1. The zero-order valence-corrected chi connectivity index (χ0v) is 13.6. The molecule has 2 aliphatic rings. The van der Waals surface area contributed by atoms with Gasteiger partial charge in [-0.25, -0.2) is 0 Å². The molecule has 2 N–H and O–H groups in total. The topological polar surface area (TPSA) is 54.0 Å². The molecule has 0 atom stereocenters. The molecule has 2 aromatic rings. The number of benzene rings is 1. The van der Waals surface area contributed by atoms with E-state index in [9.17, 15) is 4.79 Å². The Hall–Kier alpha value is -2.62. The van der Waals surface area contributed by atoms with Gasteiger partial charge in [0.05, 0.1) is 11.9 Å². The minimum Gasteiger partial charge on any atom is -0.379 e. The van der Waals surface area contributed by atoms with E-state index in [-0.39, 0.29) is 11.4 Å². The zero-order chi connectivity index (χ0) is 16.4. The van der Waals surface area contributed by atoms with Crippen molar-refractivity contribution in [2.45, 2.75) is 37.6 Å². The van der Waals surface area contributed by atoms with Gasteiger partial charge in [-0.3, -0.25) is 9.78 Å². The lowest BCUT2D eigenvalue weighted by molar-refractivity contribution is -0.111. The quantitative estimate of drug-likeness (QED) is 0.833. The Morgan fingerprint density at radius 1 is 1.17 bits per heavy atom. The summed E-state index contributed by atoms with van der Waals surface area (Å²) in [4.78, 5) is 16.5. The number of carbonyl (C=O) groups excluding carboxylic acids is 1. The van der Waals surface area contributed by atoms with Crippen molar-refractivity contribution in [3.8, 4) is 0 Å². The van der Waals surface area contributed by atoms with Crippen molar-refractivity contribution in [3.63, 3.8) is 0 Å². The van der Waals surface area contributed by atoms with Crippen molar-refractivity contribution in [1.82, 2.24) is 10.3 Å². The van der Waals surface area contributed by atoms with Gasteiger partial charge in [-0.2, -0.15) is 0 Å². The van der Waals surface area contributed by atoms with Crippen LogP contribution in [0, 0.1) is 0 Å². The maximum atomic E-state index is 12.4. The summed E-state index contributed by atoms with van der Waals surface area (Å²) in [5.41, 5.74) is 4.23. The lowest BCUT2D eigenvalue weighted by Crippen LogP contribution is -2.47. The maximum Gasteiger partial charge on any atom is 0.250 e. The molecule has 1 spiro atoms. The molecule has 1 aromatic heterocycles. The third kappa shape index (κ3) is 2.92. The smallest absolute Gasteiger partial charge is 0.250 e. The molecule has 0 saturated heterocycles. The van der Waals surface area contributed by atoms with Crippen molar-refractivity contribution in [3.05, 3.63) is 66.0 Å². The first-order valence-electron chi connectivity index (χ1n) is 8.53. The summed E-state index contributed by atoms with van der Waals surface area (Å²) in [5.74, 6) is -0.129. The Balaban J connectivity index is 1.64. The standard InChI is InChI=1S/C20H21N3O/c24-19(22-16-7-5-11-21-14-16)12-18-17-8-2-1-6-15(17)13-20(23-18)9-3-4-10-20/h1-2,5-8,11-12,14,23H,3-4,9-10,13H2,(H,22,24)/b18-12-. The highest BCUT2D eigenvalue weighted by molar-refractivity contribution is 6.04. The second-order valence-corrected chi connectivity index (χ2v) is 6.74. The lowest BCUT2D eigenvalue weighted by Gasteiger charge is -2.38. The average Bonchev–Trinajstić information content (AvgIpc) is 3.03. The highest BCUT2D eigenvalue weighted by Crippen LogP contribution is 2.39. The number of pyridine rings is 1. The zero-order valence-electron chi connectivity index (χ0n) is 13.6. The Bertz CT molecular complexity index is 776. The Morgan fingerprint density at radius 3 is 2.79 bits per heavy atom. The Kier molecular flexibility index (Phi) is 3.81. The second-order valence-electron chi connectivity index (χ2n) is 6.74. The van der Waals surface area contributed by atoms with Crippen LogP contribution in [0.1, 0.15) is 36.8 Å². The van der Waals surface area contributed by atoms with E-state index < -0.39 is 0 Å². The van der Waals surface area contributed by atoms with E-state index in [1.165, 1.54) is 31.2 Å². The van der Waals surface area contributed by atoms with Crippen LogP contribution in [-0.4, -0.2) is 16.4 Å². The molecular formula is C20H21N3O. The van der Waals surface area contributed by atoms with E-state index in [0.717, 1.165) is 17.7 Å². The molecule has 1 fully saturated rings. The molecule has 1 aliphatic heterocycles. The van der Waals surface area contributed by atoms with Crippen molar-refractivity contribution in [2.75, 3.05) is 5.32 Å². The van der Waals surface area contributed by atoms with Crippen LogP contribution in [0.2, 0.25) is 0 Å². The molecule has 0 radical (unpaired) electrons. The number of nitrogens with one attached hydrogen (secondary N) is 2. The second kappa shape index (κ2) is 6.11. The van der Waals surface area contributed by atoms with Crippen LogP contribution in [0.25, 0.3) is 5.70 Å². The van der Waals surface area contributed by atoms with Crippen molar-refractivity contribution in [1.29, 1.82) is 0 Å². The average molecular weight is 319 g/mol. The normalized spacial score (nSPS) is 19.8. The first-order valence-corrected chi connectivity index (χ1v) is 8.53. The molecule has 4 heteroatoms. The van der Waals surface area contributed by atoms with E-state index in [4.69, 9.17) is 0 Å². The number of aromatic nitrogens is 1. The Labute approximate surface area is 142 Å². The van der Waals surface area contributed by atoms with Crippen LogP contribution >= 0.6 is 0 Å². The fraction of sp³-hybridized carbons (Fsp3) is 0.300. The predicted octanol–water partition coefficient (Wildman–Crippen LogP) is 3.52. The fourth-order valence-corrected chi connectivity index (χ4v) is 3.91. The monoisotopic (exact) mass is 319 g/mol. The molecule has 24 heavy (non-hydrogen) atoms. The number of hydrogen-bond acceptors (Lipinski definition) is 3. The molecule has 1 saturated carbocycles. The fourth-order valence-electron chi connectivity index (χ4n) is 3.91. The number of rotatable bonds is 2. The van der Waals surface area contributed by atoms with Gasteiger partial charge in [-0.05, 0) is 37.0 Å². The van der Waals surface area contributed by atoms with Crippen molar-refractivity contribution >= 4 is 17.3 Å². The maximum absolute atomic E-state index is 12.4. The summed E-state index contributed by atoms with van der Waals surface area (Å²) in [7, 11) is 0. The summed E-state index contributed by atoms with van der Waals surface area (Å²) in [6.07, 6.45) is 10.9. The van der Waals surface area contributed by atoms with Gasteiger partial charge < -0.3 is 10.6 Å². The van der Waals surface area contributed by atoms with E-state index in [0.29, 0.717) is 5.69 Å². The molecule has 122 valence electrons. The third-order valence-corrected chi connectivity index (χ3v) is 5.00. The Morgan fingerprint density at radius 2 is 2.00 bits per heavy atom. The van der Waals surface area contributed by atoms with Crippen LogP contribution < -0.4 is 10.6 Å². The largest absolute Gasteiger partial charge is 0.379 e. The van der Waals surface area contributed by atoms with Crippen LogP contribution in [-0.2, 0) is 11.2 Å². The van der Waals surface area contributed by atoms with Crippen LogP contribution in [0.3, 0.4) is 0 Å². The molecule has 4 rings (SSSR count). The van der Waals surface area contributed by atoms with Crippen LogP contribution in [0.4, 0.5) is 5.69 Å². The van der Waals surface area contributed by atoms with Gasteiger partial charge in [0, 0.05) is 29.1 Å². The molecule has 4 nitrogen and oxygen atoms in total. The first-order chi connectivity index (χ1) is 11.7. The van der Waals surface area contributed by atoms with E-state index in [1.54, 1.807) is 18.5 Å². The summed E-state index contributed by atoms with van der Waals surface area (Å²) >= 11 is 0. The first kappa shape index (κ1) is 14.9. The minimum atomic E-state index is -0.129. The SMILES string of the molecule is O=C(/C=C1\NC2(CCCC2)Cc2ccccc21)Nc1cccnc1. The number of amides is 1. The summed E-state index contributed by atoms with van der Waals surface area (Å²) in [6, 6.07) is 12.0. The van der Waals surface area contributed by atoms with Crippen LogP contribution in [0.5, 0.6) is 0 Å². The van der Waals surface area contributed by atoms with Gasteiger partial charge in [0.2, 0.25) is 0 Å². The van der Waals surface area contributed by atoms with Gasteiger partial charge in [0.25, 0.3) is 5.91 Å². The van der Waals surface area contributed by atoms with Gasteiger partial charge in [-0.1, -0.05) is 37.1 Å². The van der Waals surface area contributed by atoms with Gasteiger partial charge in [0.1, 0.15) is 0 Å². The molecular weight excluding hydrogens is 298 g/mol. The summed E-state index contributed by atoms with van der Waals surface area (Å²) < 4.78 is 0. The summed E-state index contributed by atoms with van der Waals surface area (Å²) in [5, 5.41) is 6.57. The molecule has 1 amide bonds. The minimum absolute atomic E-state index is 0.120. The lowest BCUT2D eigenvalue weighted by atomic mass is 9.82. The summed E-state index contributed by atoms with van der Waals surface area (Å²) in [6.45, 7) is 0. The van der Waals surface area contributed by atoms with E-state index >= 15 is 0 Å². The number of anilines is 1. The van der Waals surface area contributed by atoms with Crippen LogP contribution in [0.15, 0.2) is 54.9 Å². The predicted molar refractivity (Wildman–Crippen MR) is 95.3 cm³/mol. The van der Waals surface area contributed by atoms with Gasteiger partial charge >= 0.3 is 0 Å². The highest BCUT2D eigenvalue weighted by atomic mass is 16.1. The van der Waals surface area contributed by atoms with Crippen molar-refractivity contribution < 1.29 is 4.79 Å². The molecule has 0 bridgehead atoms. The number of carbonyl (C=O) groups is 1. The van der Waals surface area contributed by atoms with E-state index in [1.807, 2.05) is 18.2 Å². The molecule has 0 unspecified atom stereocenters. The van der Waals surface area contributed by atoms with Gasteiger partial charge in [0.15, 0.2) is 0 Å². The molecule has 1 aliphatic carbocycles. The third-order valence-electron chi connectivity index (χ3n) is 5.00.